The van der Waals surface area contributed by atoms with Crippen LogP contribution in [0.15, 0.2) is 0 Å². The first-order valence-corrected chi connectivity index (χ1v) is 7.90. The molecule has 1 rings (SSSR count). The van der Waals surface area contributed by atoms with Gasteiger partial charge >= 0.3 is 0 Å². The van der Waals surface area contributed by atoms with E-state index in [9.17, 15) is 14.7 Å². The number of hydrogen-bond donors (Lipinski definition) is 3. The second-order valence-electron chi connectivity index (χ2n) is 4.64. The van der Waals surface area contributed by atoms with E-state index in [0.29, 0.717) is 24.5 Å². The molecule has 8 heteroatoms. The van der Waals surface area contributed by atoms with Gasteiger partial charge in [-0.15, -0.1) is 0 Å². The molecule has 1 aliphatic heterocycles. The lowest BCUT2D eigenvalue weighted by molar-refractivity contribution is -0.156. The lowest BCUT2D eigenvalue weighted by atomic mass is 10.1. The number of thioether (sulfide) groups is 1. The first-order valence-electron chi connectivity index (χ1n) is 6.74. The third-order valence-electron chi connectivity index (χ3n) is 3.14. The number of carbonyl (C=O) groups is 2. The number of aliphatic hydroxyl groups is 1. The molecule has 1 aliphatic rings. The fraction of sp³-hybridized carbons (Fsp3) is 0.833. The zero-order chi connectivity index (χ0) is 15.1. The molecule has 20 heavy (non-hydrogen) atoms. The summed E-state index contributed by atoms with van der Waals surface area (Å²) in [7, 11) is 0. The summed E-state index contributed by atoms with van der Waals surface area (Å²) in [5, 5.41) is 10.3. The topological polar surface area (TPSA) is 119 Å². The molecule has 2 unspecified atom stereocenters. The maximum Gasteiger partial charge on any atom is 0.274 e. The molecule has 2 amide bonds. The van der Waals surface area contributed by atoms with Crippen LogP contribution in [-0.2, 0) is 14.3 Å². The third-order valence-corrected chi connectivity index (χ3v) is 4.07. The average Bonchev–Trinajstić information content (AvgIpc) is 2.98. The summed E-state index contributed by atoms with van der Waals surface area (Å²) < 4.78 is 5.17. The van der Waals surface area contributed by atoms with Crippen LogP contribution >= 0.6 is 11.8 Å². The Bertz CT molecular complexity index is 337. The van der Waals surface area contributed by atoms with Crippen molar-refractivity contribution in [3.63, 3.8) is 0 Å². The van der Waals surface area contributed by atoms with Gasteiger partial charge in [-0.05, 0) is 30.8 Å². The molecular weight excluding hydrogens is 282 g/mol. The molecule has 0 aliphatic carbocycles. The largest absolute Gasteiger partial charge is 0.382 e. The lowest BCUT2D eigenvalue weighted by Gasteiger charge is -2.24. The molecule has 1 saturated heterocycles. The first kappa shape index (κ1) is 17.4. The number of imide groups is 1. The highest BCUT2D eigenvalue weighted by Gasteiger charge is 2.34. The second kappa shape index (κ2) is 8.58. The first-order chi connectivity index (χ1) is 9.49. The van der Waals surface area contributed by atoms with Crippen LogP contribution < -0.4 is 11.6 Å². The standard InChI is InChI=1S/C12H23N3O4S/c1-2-20-7-5-8(13)10(16)12(18)15(14)11(17)9-4-3-6-19-9/h8-10,16H,2-7,13-14H2,1H3/t8-,9?,10?/m1/s1. The van der Waals surface area contributed by atoms with Gasteiger partial charge in [-0.3, -0.25) is 9.59 Å². The number of nitrogens with zero attached hydrogens (tertiary/aromatic N) is 1. The summed E-state index contributed by atoms with van der Waals surface area (Å²) >= 11 is 1.67. The van der Waals surface area contributed by atoms with Gasteiger partial charge in [0.1, 0.15) is 12.2 Å². The van der Waals surface area contributed by atoms with Gasteiger partial charge in [0.15, 0.2) is 0 Å². The number of rotatable bonds is 7. The highest BCUT2D eigenvalue weighted by atomic mass is 32.2. The van der Waals surface area contributed by atoms with Crippen molar-refractivity contribution in [3.05, 3.63) is 0 Å². The highest BCUT2D eigenvalue weighted by Crippen LogP contribution is 2.14. The molecule has 3 atom stereocenters. The minimum atomic E-state index is -1.47. The maximum atomic E-state index is 11.9. The van der Waals surface area contributed by atoms with Crippen molar-refractivity contribution in [2.75, 3.05) is 18.1 Å². The van der Waals surface area contributed by atoms with Crippen LogP contribution in [0.4, 0.5) is 0 Å². The molecule has 0 radical (unpaired) electrons. The Labute approximate surface area is 123 Å². The van der Waals surface area contributed by atoms with Gasteiger partial charge in [-0.1, -0.05) is 6.92 Å². The van der Waals surface area contributed by atoms with Crippen molar-refractivity contribution in [2.45, 2.75) is 44.4 Å². The number of hydrogen-bond acceptors (Lipinski definition) is 7. The number of carbonyl (C=O) groups excluding carboxylic acids is 2. The second-order valence-corrected chi connectivity index (χ2v) is 6.04. The number of amides is 2. The molecular formula is C12H23N3O4S. The van der Waals surface area contributed by atoms with E-state index in [1.807, 2.05) is 6.92 Å². The van der Waals surface area contributed by atoms with Crippen LogP contribution in [0.25, 0.3) is 0 Å². The highest BCUT2D eigenvalue weighted by molar-refractivity contribution is 7.99. The van der Waals surface area contributed by atoms with Crippen LogP contribution in [0, 0.1) is 0 Å². The molecule has 0 saturated carbocycles. The molecule has 0 aromatic carbocycles. The van der Waals surface area contributed by atoms with Gasteiger partial charge in [0.2, 0.25) is 0 Å². The van der Waals surface area contributed by atoms with Crippen LogP contribution in [0.5, 0.6) is 0 Å². The summed E-state index contributed by atoms with van der Waals surface area (Å²) in [6.07, 6.45) is -0.386. The summed E-state index contributed by atoms with van der Waals surface area (Å²) in [6, 6.07) is -0.732. The van der Waals surface area contributed by atoms with Crippen LogP contribution in [0.2, 0.25) is 0 Å². The predicted molar refractivity (Wildman–Crippen MR) is 76.6 cm³/mol. The van der Waals surface area contributed by atoms with Crippen molar-refractivity contribution < 1.29 is 19.4 Å². The molecule has 0 spiro atoms. The molecule has 116 valence electrons. The van der Waals surface area contributed by atoms with E-state index in [1.54, 1.807) is 11.8 Å². The molecule has 1 heterocycles. The monoisotopic (exact) mass is 305 g/mol. The van der Waals surface area contributed by atoms with Gasteiger partial charge in [-0.2, -0.15) is 11.8 Å². The van der Waals surface area contributed by atoms with Gasteiger partial charge in [-0.25, -0.2) is 10.9 Å². The fourth-order valence-corrected chi connectivity index (χ4v) is 2.61. The Kier molecular flexibility index (Phi) is 7.46. The van der Waals surface area contributed by atoms with Crippen LogP contribution in [0.1, 0.15) is 26.2 Å². The van der Waals surface area contributed by atoms with Crippen LogP contribution in [-0.4, -0.2) is 58.3 Å². The van der Waals surface area contributed by atoms with E-state index in [1.165, 1.54) is 0 Å². The van der Waals surface area contributed by atoms with E-state index < -0.39 is 30.1 Å². The summed E-state index contributed by atoms with van der Waals surface area (Å²) in [5.74, 6) is 5.65. The Morgan fingerprint density at radius 2 is 2.25 bits per heavy atom. The Morgan fingerprint density at radius 1 is 1.55 bits per heavy atom. The van der Waals surface area contributed by atoms with Crippen molar-refractivity contribution in [3.8, 4) is 0 Å². The van der Waals surface area contributed by atoms with E-state index in [0.717, 1.165) is 17.9 Å². The SMILES string of the molecule is CCSCC[C@@H](N)C(O)C(=O)N(N)C(=O)C1CCCO1. The van der Waals surface area contributed by atoms with E-state index in [2.05, 4.69) is 0 Å². The summed E-state index contributed by atoms with van der Waals surface area (Å²) in [4.78, 5) is 23.8. The quantitative estimate of drug-likeness (QED) is 0.244. The average molecular weight is 305 g/mol. The van der Waals surface area contributed by atoms with Crippen LogP contribution in [0.3, 0.4) is 0 Å². The number of aliphatic hydroxyl groups excluding tert-OH is 1. The van der Waals surface area contributed by atoms with Gasteiger partial charge in [0.25, 0.3) is 11.8 Å². The fourth-order valence-electron chi connectivity index (χ4n) is 1.88. The Morgan fingerprint density at radius 3 is 2.80 bits per heavy atom. The Balaban J connectivity index is 2.47. The lowest BCUT2D eigenvalue weighted by Crippen LogP contribution is -2.55. The normalized spacial score (nSPS) is 21.5. The number of hydrazine groups is 1. The van der Waals surface area contributed by atoms with Gasteiger partial charge in [0.05, 0.1) is 0 Å². The minimum absolute atomic E-state index is 0.438. The van der Waals surface area contributed by atoms with Crippen molar-refractivity contribution in [2.24, 2.45) is 11.6 Å². The molecule has 1 fully saturated rings. The van der Waals surface area contributed by atoms with E-state index >= 15 is 0 Å². The third kappa shape index (κ3) is 4.71. The van der Waals surface area contributed by atoms with Crippen molar-refractivity contribution in [1.82, 2.24) is 5.01 Å². The molecule has 5 N–H and O–H groups in total. The maximum absolute atomic E-state index is 11.9. The number of ether oxygens (including phenoxy) is 1. The van der Waals surface area contributed by atoms with Crippen molar-refractivity contribution in [1.29, 1.82) is 0 Å². The smallest absolute Gasteiger partial charge is 0.274 e. The van der Waals surface area contributed by atoms with Gasteiger partial charge in [0, 0.05) is 12.6 Å². The molecule has 0 bridgehead atoms. The zero-order valence-corrected chi connectivity index (χ0v) is 12.5. The van der Waals surface area contributed by atoms with E-state index in [4.69, 9.17) is 16.3 Å². The Hall–Kier alpha value is -0.670. The minimum Gasteiger partial charge on any atom is -0.382 e. The zero-order valence-electron chi connectivity index (χ0n) is 11.7. The summed E-state index contributed by atoms with van der Waals surface area (Å²) in [5.41, 5.74) is 5.74. The van der Waals surface area contributed by atoms with E-state index in [-0.39, 0.29) is 0 Å². The molecule has 7 nitrogen and oxygen atoms in total. The number of nitrogens with two attached hydrogens (primary N) is 2. The van der Waals surface area contributed by atoms with Crippen molar-refractivity contribution >= 4 is 23.6 Å². The molecule has 0 aromatic rings. The van der Waals surface area contributed by atoms with Gasteiger partial charge < -0.3 is 15.6 Å². The molecule has 0 aromatic heterocycles. The predicted octanol–water partition coefficient (Wildman–Crippen LogP) is -0.774. The summed E-state index contributed by atoms with van der Waals surface area (Å²) in [6.45, 7) is 2.49.